The molecule has 3 heterocycles. The second-order valence-electron chi connectivity index (χ2n) is 8.04. The highest BCUT2D eigenvalue weighted by atomic mass is 16.6. The number of aromatic nitrogens is 1. The van der Waals surface area contributed by atoms with E-state index in [2.05, 4.69) is 46.3 Å². The molecule has 1 saturated heterocycles. The first-order valence-electron chi connectivity index (χ1n) is 13.4. The molecule has 2 aliphatic rings. The summed E-state index contributed by atoms with van der Waals surface area (Å²) in [5.74, 6) is 1.56. The van der Waals surface area contributed by atoms with Crippen molar-refractivity contribution in [2.45, 2.75) is 47.6 Å². The molecule has 200 valence electrons. The molecule has 0 atom stereocenters. The highest BCUT2D eigenvalue weighted by Crippen LogP contribution is 2.29. The molecule has 0 radical (unpaired) electrons. The van der Waals surface area contributed by atoms with Gasteiger partial charge in [-0.05, 0) is 37.7 Å². The highest BCUT2D eigenvalue weighted by molar-refractivity contribution is 5.40. The molecule has 36 heavy (non-hydrogen) atoms. The maximum Gasteiger partial charge on any atom is 0.179 e. The molecule has 0 unspecified atom stereocenters. The number of hydrogen-bond donors (Lipinski definition) is 0. The zero-order valence-electron chi connectivity index (χ0n) is 23.3. The van der Waals surface area contributed by atoms with Gasteiger partial charge in [0.25, 0.3) is 0 Å². The minimum atomic E-state index is 0.595. The van der Waals surface area contributed by atoms with Crippen LogP contribution in [0.2, 0.25) is 0 Å². The third-order valence-corrected chi connectivity index (χ3v) is 5.79. The van der Waals surface area contributed by atoms with E-state index in [1.807, 2.05) is 64.3 Å². The van der Waals surface area contributed by atoms with E-state index in [1.54, 1.807) is 6.20 Å². The summed E-state index contributed by atoms with van der Waals surface area (Å²) >= 11 is 0. The van der Waals surface area contributed by atoms with Crippen molar-refractivity contribution < 1.29 is 9.47 Å². The fourth-order valence-corrected chi connectivity index (χ4v) is 4.08. The van der Waals surface area contributed by atoms with Gasteiger partial charge in [-0.2, -0.15) is 0 Å². The number of fused-ring (bicyclic) bond motifs is 1. The summed E-state index contributed by atoms with van der Waals surface area (Å²) in [6, 6.07) is 2.02. The molecule has 6 nitrogen and oxygen atoms in total. The average Bonchev–Trinajstić information content (AvgIpc) is 2.93. The van der Waals surface area contributed by atoms with Crippen molar-refractivity contribution in [1.29, 1.82) is 0 Å². The van der Waals surface area contributed by atoms with Crippen LogP contribution in [-0.2, 0) is 6.54 Å². The SMILES string of the molecule is C=C/C=C(C)\C(=C/C=C)N(C=C)CCCN1CCN(Cc2cc3c(cn2)OCCO3)CC1.CC.CC. The van der Waals surface area contributed by atoms with E-state index in [1.165, 1.54) is 0 Å². The first-order valence-corrected chi connectivity index (χ1v) is 13.4. The first-order chi connectivity index (χ1) is 17.6. The Kier molecular flexibility index (Phi) is 16.0. The number of ether oxygens (including phenoxy) is 2. The van der Waals surface area contributed by atoms with Crippen molar-refractivity contribution >= 4 is 0 Å². The molecule has 1 aromatic rings. The lowest BCUT2D eigenvalue weighted by Gasteiger charge is -2.35. The lowest BCUT2D eigenvalue weighted by molar-refractivity contribution is 0.123. The molecule has 6 heteroatoms. The maximum absolute atomic E-state index is 5.68. The Morgan fingerprint density at radius 1 is 0.944 bits per heavy atom. The van der Waals surface area contributed by atoms with Crippen molar-refractivity contribution in [3.05, 3.63) is 79.5 Å². The van der Waals surface area contributed by atoms with Gasteiger partial charge in [-0.25, -0.2) is 0 Å². The second kappa shape index (κ2) is 18.4. The third-order valence-electron chi connectivity index (χ3n) is 5.79. The molecule has 1 fully saturated rings. The lowest BCUT2D eigenvalue weighted by Crippen LogP contribution is -2.46. The zero-order valence-corrected chi connectivity index (χ0v) is 23.3. The van der Waals surface area contributed by atoms with Crippen LogP contribution in [0.15, 0.2) is 73.8 Å². The molecular weight excluding hydrogens is 448 g/mol. The van der Waals surface area contributed by atoms with E-state index in [0.29, 0.717) is 13.2 Å². The number of pyridine rings is 1. The minimum absolute atomic E-state index is 0.595. The first kappa shape index (κ1) is 31.2. The smallest absolute Gasteiger partial charge is 0.179 e. The summed E-state index contributed by atoms with van der Waals surface area (Å²) in [4.78, 5) is 11.7. The lowest BCUT2D eigenvalue weighted by atomic mass is 10.1. The Balaban J connectivity index is 0.00000154. The van der Waals surface area contributed by atoms with Gasteiger partial charge in [0.2, 0.25) is 0 Å². The fourth-order valence-electron chi connectivity index (χ4n) is 4.08. The van der Waals surface area contributed by atoms with Crippen LogP contribution in [0.5, 0.6) is 11.5 Å². The van der Waals surface area contributed by atoms with Crippen molar-refractivity contribution in [2.24, 2.45) is 0 Å². The monoisotopic (exact) mass is 496 g/mol. The van der Waals surface area contributed by atoms with Gasteiger partial charge in [0.1, 0.15) is 13.2 Å². The van der Waals surface area contributed by atoms with E-state index >= 15 is 0 Å². The summed E-state index contributed by atoms with van der Waals surface area (Å²) in [5.41, 5.74) is 3.31. The molecule has 0 amide bonds. The fraction of sp³-hybridized carbons (Fsp3) is 0.500. The highest BCUT2D eigenvalue weighted by Gasteiger charge is 2.19. The van der Waals surface area contributed by atoms with Crippen LogP contribution >= 0.6 is 0 Å². The van der Waals surface area contributed by atoms with Crippen molar-refractivity contribution in [3.8, 4) is 11.5 Å². The van der Waals surface area contributed by atoms with Crippen LogP contribution in [0.25, 0.3) is 0 Å². The van der Waals surface area contributed by atoms with Crippen molar-refractivity contribution in [3.63, 3.8) is 0 Å². The van der Waals surface area contributed by atoms with Gasteiger partial charge in [-0.15, -0.1) is 0 Å². The van der Waals surface area contributed by atoms with Crippen LogP contribution < -0.4 is 9.47 Å². The Labute approximate surface area is 220 Å². The van der Waals surface area contributed by atoms with Gasteiger partial charge in [-0.3, -0.25) is 9.88 Å². The van der Waals surface area contributed by atoms with Gasteiger partial charge < -0.3 is 19.3 Å². The number of allylic oxidation sites excluding steroid dienone is 5. The van der Waals surface area contributed by atoms with E-state index in [0.717, 1.165) is 80.7 Å². The van der Waals surface area contributed by atoms with Crippen LogP contribution in [0, 0.1) is 0 Å². The minimum Gasteiger partial charge on any atom is -0.486 e. The molecule has 3 rings (SSSR count). The molecule has 0 bridgehead atoms. The van der Waals surface area contributed by atoms with Gasteiger partial charge in [0.15, 0.2) is 11.5 Å². The largest absolute Gasteiger partial charge is 0.486 e. The van der Waals surface area contributed by atoms with E-state index in [4.69, 9.17) is 9.47 Å². The summed E-state index contributed by atoms with van der Waals surface area (Å²) in [5, 5.41) is 0. The Bertz CT molecular complexity index is 855. The molecule has 1 aromatic heterocycles. The van der Waals surface area contributed by atoms with Gasteiger partial charge in [0, 0.05) is 51.0 Å². The van der Waals surface area contributed by atoms with Gasteiger partial charge in [-0.1, -0.05) is 65.7 Å². The molecule has 2 aliphatic heterocycles. The predicted molar refractivity (Wildman–Crippen MR) is 153 cm³/mol. The molecule has 0 saturated carbocycles. The van der Waals surface area contributed by atoms with Crippen LogP contribution in [0.3, 0.4) is 0 Å². The number of hydrogen-bond acceptors (Lipinski definition) is 6. The third kappa shape index (κ3) is 10.0. The summed E-state index contributed by atoms with van der Waals surface area (Å²) in [7, 11) is 0. The summed E-state index contributed by atoms with van der Waals surface area (Å²) in [6.07, 6.45) is 12.4. The molecule has 0 aliphatic carbocycles. The topological polar surface area (TPSA) is 41.1 Å². The number of rotatable bonds is 11. The normalized spacial score (nSPS) is 16.0. The molecule has 0 N–H and O–H groups in total. The van der Waals surface area contributed by atoms with Gasteiger partial charge >= 0.3 is 0 Å². The van der Waals surface area contributed by atoms with Crippen LogP contribution in [-0.4, -0.2) is 72.2 Å². The molecule has 0 aromatic carbocycles. The summed E-state index contributed by atoms with van der Waals surface area (Å²) in [6.45, 7) is 30.0. The number of piperazine rings is 1. The summed E-state index contributed by atoms with van der Waals surface area (Å²) < 4.78 is 11.2. The number of nitrogens with zero attached hydrogens (tertiary/aromatic N) is 4. The average molecular weight is 497 g/mol. The Morgan fingerprint density at radius 3 is 2.17 bits per heavy atom. The predicted octanol–water partition coefficient (Wildman–Crippen LogP) is 6.06. The van der Waals surface area contributed by atoms with E-state index < -0.39 is 0 Å². The molecule has 0 spiro atoms. The quantitative estimate of drug-likeness (QED) is 0.347. The standard InChI is InChI=1S/C26H36N4O2.2C2H6/c1-5-9-22(4)24(10-6-2)30(7-3)12-8-11-28-13-15-29(16-14-28)21-23-19-25-26(20-27-23)32-18-17-31-25;2*1-2/h5-7,9-10,19-20H,1-3,8,11-18,21H2,4H3;2*1-2H3/b22-9-,24-10+;;. The van der Waals surface area contributed by atoms with Crippen molar-refractivity contribution in [2.75, 3.05) is 52.5 Å². The van der Waals surface area contributed by atoms with E-state index in [-0.39, 0.29) is 0 Å². The zero-order chi connectivity index (χ0) is 26.8. The Morgan fingerprint density at radius 2 is 1.56 bits per heavy atom. The van der Waals surface area contributed by atoms with E-state index in [9.17, 15) is 0 Å². The van der Waals surface area contributed by atoms with Crippen LogP contribution in [0.4, 0.5) is 0 Å². The maximum atomic E-state index is 5.68. The molecular formula is C30H48N4O2. The Hall–Kier alpha value is -2.83. The second-order valence-corrected chi connectivity index (χ2v) is 8.04. The van der Waals surface area contributed by atoms with Gasteiger partial charge in [0.05, 0.1) is 11.9 Å². The van der Waals surface area contributed by atoms with Crippen molar-refractivity contribution in [1.82, 2.24) is 19.7 Å². The van der Waals surface area contributed by atoms with Crippen LogP contribution in [0.1, 0.15) is 46.7 Å².